The van der Waals surface area contributed by atoms with Gasteiger partial charge in [0.25, 0.3) is 8.32 Å². The second-order valence-corrected chi connectivity index (χ2v) is 24.0. The summed E-state index contributed by atoms with van der Waals surface area (Å²) in [5.74, 6) is -7.08. The van der Waals surface area contributed by atoms with Crippen molar-refractivity contribution in [1.82, 2.24) is 41.9 Å². The fraction of sp³-hybridized carbons (Fsp3) is 0.431. The topological polar surface area (TPSA) is 328 Å². The van der Waals surface area contributed by atoms with Crippen molar-refractivity contribution >= 4 is 66.0 Å². The van der Waals surface area contributed by atoms with Gasteiger partial charge in [0.05, 0.1) is 25.5 Å². The maximum absolute atomic E-state index is 14.4. The molecule has 0 fully saturated rings. The lowest BCUT2D eigenvalue weighted by Crippen LogP contribution is -2.68. The minimum Gasteiger partial charge on any atom is -0.459 e. The first-order valence-electron chi connectivity index (χ1n) is 23.8. The minimum atomic E-state index is -3.36. The summed E-state index contributed by atoms with van der Waals surface area (Å²) in [4.78, 5) is 115. The van der Waals surface area contributed by atoms with E-state index in [1.165, 1.54) is 26.4 Å². The number of benzene rings is 3. The Balaban J connectivity index is 1.62. The molecular weight excluding hydrogens is 957 g/mol. The van der Waals surface area contributed by atoms with Crippen LogP contribution in [-0.4, -0.2) is 132 Å². The Hall–Kier alpha value is -7.27. The van der Waals surface area contributed by atoms with E-state index in [2.05, 4.69) is 41.9 Å². The van der Waals surface area contributed by atoms with Gasteiger partial charge < -0.3 is 62.6 Å². The molecule has 0 saturated heterocycles. The maximum atomic E-state index is 14.4. The molecule has 4 rings (SSSR count). The van der Waals surface area contributed by atoms with Gasteiger partial charge >= 0.3 is 5.97 Å². The number of esters is 1. The summed E-state index contributed by atoms with van der Waals surface area (Å²) < 4.78 is 12.4. The van der Waals surface area contributed by atoms with Crippen molar-refractivity contribution in [3.8, 4) is 0 Å². The second kappa shape index (κ2) is 26.4. The van der Waals surface area contributed by atoms with Gasteiger partial charge in [-0.2, -0.15) is 0 Å². The van der Waals surface area contributed by atoms with Gasteiger partial charge in [0.1, 0.15) is 48.4 Å². The molecule has 21 nitrogen and oxygen atoms in total. The Morgan fingerprint density at radius 3 is 1.66 bits per heavy atom. The van der Waals surface area contributed by atoms with Crippen molar-refractivity contribution in [2.75, 3.05) is 13.2 Å². The summed E-state index contributed by atoms with van der Waals surface area (Å²) in [5, 5.41) is 26.4. The molecule has 0 saturated carbocycles. The van der Waals surface area contributed by atoms with Gasteiger partial charge in [-0.25, -0.2) is 4.98 Å². The summed E-state index contributed by atoms with van der Waals surface area (Å²) in [7, 11) is -3.36. The summed E-state index contributed by atoms with van der Waals surface area (Å²) in [5.41, 5.74) is 11.6. The van der Waals surface area contributed by atoms with Crippen LogP contribution in [0.5, 0.6) is 0 Å². The Labute approximate surface area is 426 Å². The molecule has 394 valence electrons. The molecule has 7 atom stereocenters. The molecule has 7 amide bonds. The Bertz CT molecular complexity index is 2450. The first-order valence-corrected chi connectivity index (χ1v) is 25.7. The maximum Gasteiger partial charge on any atom is 0.325 e. The molecule has 1 heterocycles. The van der Waals surface area contributed by atoms with Crippen LogP contribution in [0.15, 0.2) is 104 Å². The monoisotopic (exact) mass is 1030 g/mol. The van der Waals surface area contributed by atoms with Gasteiger partial charge in [-0.15, -0.1) is 0 Å². The van der Waals surface area contributed by atoms with E-state index in [4.69, 9.17) is 20.6 Å². The number of aliphatic hydroxyl groups excluding tert-OH is 1. The number of hydrogen-bond acceptors (Lipinski definition) is 13. The van der Waals surface area contributed by atoms with Crippen LogP contribution < -0.4 is 53.7 Å². The Morgan fingerprint density at radius 2 is 1.15 bits per heavy atom. The van der Waals surface area contributed by atoms with Crippen LogP contribution in [0.2, 0.25) is 5.04 Å². The number of nitrogens with zero attached hydrogens (tertiary/aromatic N) is 1. The first kappa shape index (κ1) is 58.3. The minimum absolute atomic E-state index is 0.00864. The van der Waals surface area contributed by atoms with Crippen molar-refractivity contribution in [3.63, 3.8) is 0 Å². The van der Waals surface area contributed by atoms with E-state index in [1.54, 1.807) is 51.1 Å². The fourth-order valence-electron chi connectivity index (χ4n) is 7.82. The summed E-state index contributed by atoms with van der Waals surface area (Å²) in [6, 6.07) is 19.0. The zero-order valence-corrected chi connectivity index (χ0v) is 43.5. The third-order valence-corrected chi connectivity index (χ3v) is 16.5. The number of rotatable bonds is 25. The molecule has 22 heteroatoms. The van der Waals surface area contributed by atoms with Crippen LogP contribution in [-0.2, 0) is 60.4 Å². The number of aliphatic hydroxyl groups is 1. The van der Waals surface area contributed by atoms with Gasteiger partial charge in [-0.3, -0.25) is 38.4 Å². The second-order valence-electron chi connectivity index (χ2n) is 19.7. The van der Waals surface area contributed by atoms with E-state index in [-0.39, 0.29) is 12.8 Å². The van der Waals surface area contributed by atoms with Crippen molar-refractivity contribution < 1.29 is 52.6 Å². The van der Waals surface area contributed by atoms with Gasteiger partial charge in [0.2, 0.25) is 41.4 Å². The van der Waals surface area contributed by atoms with Crippen LogP contribution in [0.3, 0.4) is 0 Å². The third-order valence-electron chi connectivity index (χ3n) is 11.5. The number of ether oxygens (including phenoxy) is 1. The number of H-pyrrole nitrogens is 1. The molecule has 0 bridgehead atoms. The molecule has 0 spiro atoms. The van der Waals surface area contributed by atoms with Crippen LogP contribution in [0.25, 0.3) is 0 Å². The molecule has 73 heavy (non-hydrogen) atoms. The van der Waals surface area contributed by atoms with Gasteiger partial charge in [0, 0.05) is 24.7 Å². The standard InChI is InChI=1S/C51H70N10O11Si/c1-31(57-46(67)37(24-33-18-12-9-13-19-33)60-49(70)43(53)32(2)62)44(65)58-38(25-34-27-54-30-56-34)47(68)59-39(26-41(52)63)48(69)61-40(45(66)55-28-42(64)72-50(3,4)5)29-71-73(51(6,7)8,35-20-14-10-15-21-35)36-22-16-11-17-23-36/h9-23,27,30-32,37-40,43,62H,24-26,28-29,53H2,1-8H3,(H2,52,63)(H,54,56)(H,55,66)(H,57,67)(H,58,65)(H,59,68)(H,60,70)(H,61,69)/t31-,32+,37-,38-,39-,40-,43-/m0/s1. The van der Waals surface area contributed by atoms with E-state index >= 15 is 0 Å². The lowest BCUT2D eigenvalue weighted by molar-refractivity contribution is -0.154. The number of hydrogen-bond donors (Lipinski definition) is 10. The van der Waals surface area contributed by atoms with Gasteiger partial charge in [-0.1, -0.05) is 112 Å². The van der Waals surface area contributed by atoms with Gasteiger partial charge in [0.15, 0.2) is 0 Å². The molecule has 0 unspecified atom stereocenters. The Kier molecular flexibility index (Phi) is 21.1. The zero-order chi connectivity index (χ0) is 54.1. The number of carbonyl (C=O) groups is 8. The van der Waals surface area contributed by atoms with E-state index in [9.17, 15) is 43.5 Å². The molecular formula is C51H70N10O11Si. The largest absolute Gasteiger partial charge is 0.459 e. The number of imidazole rings is 1. The van der Waals surface area contributed by atoms with Crippen molar-refractivity contribution in [2.45, 2.75) is 128 Å². The fourth-order valence-corrected chi connectivity index (χ4v) is 12.4. The van der Waals surface area contributed by atoms with Crippen molar-refractivity contribution in [2.24, 2.45) is 11.5 Å². The van der Waals surface area contributed by atoms with Crippen LogP contribution in [0, 0.1) is 0 Å². The highest BCUT2D eigenvalue weighted by molar-refractivity contribution is 6.99. The number of nitrogens with two attached hydrogens (primary N) is 2. The lowest BCUT2D eigenvalue weighted by atomic mass is 10.0. The molecule has 4 aromatic rings. The molecule has 1 aromatic heterocycles. The van der Waals surface area contributed by atoms with E-state index < -0.39 is 128 Å². The van der Waals surface area contributed by atoms with Crippen molar-refractivity contribution in [3.05, 3.63) is 115 Å². The Morgan fingerprint density at radius 1 is 0.658 bits per heavy atom. The summed E-state index contributed by atoms with van der Waals surface area (Å²) in [6.07, 6.45) is 0.505. The van der Waals surface area contributed by atoms with Crippen LogP contribution in [0.1, 0.15) is 73.1 Å². The van der Waals surface area contributed by atoms with E-state index in [0.717, 1.165) is 10.4 Å². The van der Waals surface area contributed by atoms with E-state index in [1.807, 2.05) is 81.4 Å². The highest BCUT2D eigenvalue weighted by Gasteiger charge is 2.51. The van der Waals surface area contributed by atoms with E-state index in [0.29, 0.717) is 11.3 Å². The van der Waals surface area contributed by atoms with Crippen LogP contribution in [0.4, 0.5) is 0 Å². The highest BCUT2D eigenvalue weighted by Crippen LogP contribution is 2.37. The molecule has 0 aliphatic rings. The molecule has 0 radical (unpaired) electrons. The van der Waals surface area contributed by atoms with Crippen molar-refractivity contribution in [1.29, 1.82) is 0 Å². The predicted molar refractivity (Wildman–Crippen MR) is 274 cm³/mol. The average molecular weight is 1030 g/mol. The number of amides is 7. The smallest absolute Gasteiger partial charge is 0.325 e. The lowest BCUT2D eigenvalue weighted by Gasteiger charge is -2.43. The quantitative estimate of drug-likeness (QED) is 0.0289. The zero-order valence-electron chi connectivity index (χ0n) is 42.5. The number of nitrogens with one attached hydrogen (secondary N) is 7. The molecule has 0 aliphatic heterocycles. The normalized spacial score (nSPS) is 14.6. The SMILES string of the molecule is C[C@H](NC(=O)[C@H](Cc1ccccc1)NC(=O)[C@@H](N)[C@@H](C)O)C(=O)N[C@@H](Cc1cnc[nH]1)C(=O)N[C@@H](CC(N)=O)C(=O)N[C@@H](CO[Si](c1ccccc1)(c1ccccc1)C(C)(C)C)C(=O)NCC(=O)OC(C)(C)C. The number of aromatic nitrogens is 2. The first-order chi connectivity index (χ1) is 34.3. The number of carbonyl (C=O) groups excluding carboxylic acids is 8. The number of primary amides is 1. The number of aromatic amines is 1. The average Bonchev–Trinajstić information content (AvgIpc) is 3.85. The molecule has 12 N–H and O–H groups in total. The molecule has 3 aromatic carbocycles. The third kappa shape index (κ3) is 17.5. The molecule has 0 aliphatic carbocycles. The van der Waals surface area contributed by atoms with Gasteiger partial charge in [-0.05, 0) is 55.6 Å². The predicted octanol–water partition coefficient (Wildman–Crippen LogP) is -0.743. The van der Waals surface area contributed by atoms with Crippen LogP contribution >= 0.6 is 0 Å². The highest BCUT2D eigenvalue weighted by atomic mass is 28.4. The summed E-state index contributed by atoms with van der Waals surface area (Å²) in [6.45, 7) is 12.7. The summed E-state index contributed by atoms with van der Waals surface area (Å²) >= 11 is 0.